The molecule has 3 heterocycles. The molecular weight excluding hydrogens is 350 g/mol. The van der Waals surface area contributed by atoms with E-state index in [1.165, 1.54) is 5.69 Å². The molecular formula is C22H21N5O. The Morgan fingerprint density at radius 2 is 1.89 bits per heavy atom. The number of aromatic amines is 1. The van der Waals surface area contributed by atoms with Crippen LogP contribution >= 0.6 is 0 Å². The first kappa shape index (κ1) is 16.8. The molecule has 6 nitrogen and oxygen atoms in total. The summed E-state index contributed by atoms with van der Waals surface area (Å²) in [5, 5.41) is 8.55. The van der Waals surface area contributed by atoms with Crippen LogP contribution in [0.5, 0.6) is 5.75 Å². The number of nitrogens with one attached hydrogen (secondary N) is 2. The second-order valence-electron chi connectivity index (χ2n) is 6.85. The van der Waals surface area contributed by atoms with Crippen LogP contribution in [0.25, 0.3) is 16.9 Å². The van der Waals surface area contributed by atoms with Crippen LogP contribution in [-0.4, -0.2) is 33.4 Å². The first-order valence-electron chi connectivity index (χ1n) is 9.38. The number of H-pyrrole nitrogens is 1. The molecule has 0 aliphatic carbocycles. The minimum Gasteiger partial charge on any atom is -0.497 e. The summed E-state index contributed by atoms with van der Waals surface area (Å²) in [6.07, 6.45) is 4.84. The van der Waals surface area contributed by atoms with Crippen molar-refractivity contribution in [3.8, 4) is 22.7 Å². The number of methoxy groups -OCH3 is 1. The molecule has 2 aromatic heterocycles. The fourth-order valence-electron chi connectivity index (χ4n) is 3.76. The van der Waals surface area contributed by atoms with E-state index >= 15 is 0 Å². The number of benzene rings is 2. The number of ether oxygens (including phenoxy) is 1. The molecule has 1 aliphatic heterocycles. The second kappa shape index (κ2) is 6.98. The largest absolute Gasteiger partial charge is 0.497 e. The van der Waals surface area contributed by atoms with Gasteiger partial charge in [0.05, 0.1) is 36.6 Å². The van der Waals surface area contributed by atoms with Gasteiger partial charge in [-0.25, -0.2) is 9.67 Å². The zero-order valence-electron chi connectivity index (χ0n) is 15.6. The Bertz CT molecular complexity index is 1080. The molecule has 4 aromatic rings. The summed E-state index contributed by atoms with van der Waals surface area (Å²) in [4.78, 5) is 7.86. The van der Waals surface area contributed by atoms with E-state index in [1.807, 2.05) is 47.1 Å². The third-order valence-corrected chi connectivity index (χ3v) is 5.19. The van der Waals surface area contributed by atoms with Crippen molar-refractivity contribution in [2.75, 3.05) is 13.7 Å². The normalized spacial score (nSPS) is 16.0. The van der Waals surface area contributed by atoms with E-state index in [2.05, 4.69) is 33.6 Å². The maximum Gasteiger partial charge on any atom is 0.118 e. The van der Waals surface area contributed by atoms with E-state index in [1.54, 1.807) is 13.4 Å². The number of para-hydroxylation sites is 1. The predicted molar refractivity (Wildman–Crippen MR) is 108 cm³/mol. The molecule has 2 aromatic carbocycles. The minimum absolute atomic E-state index is 0.00423. The number of hydrogen-bond acceptors (Lipinski definition) is 4. The van der Waals surface area contributed by atoms with Crippen molar-refractivity contribution in [1.82, 2.24) is 25.1 Å². The quantitative estimate of drug-likeness (QED) is 0.576. The molecule has 0 fully saturated rings. The Balaban J connectivity index is 1.66. The van der Waals surface area contributed by atoms with Gasteiger partial charge in [-0.2, -0.15) is 5.10 Å². The highest BCUT2D eigenvalue weighted by Gasteiger charge is 2.28. The van der Waals surface area contributed by atoms with Crippen LogP contribution < -0.4 is 10.1 Å². The number of imidazole rings is 1. The molecule has 0 spiro atoms. The highest BCUT2D eigenvalue weighted by Crippen LogP contribution is 2.34. The van der Waals surface area contributed by atoms with Gasteiger partial charge in [-0.15, -0.1) is 0 Å². The van der Waals surface area contributed by atoms with Crippen LogP contribution in [0.2, 0.25) is 0 Å². The maximum atomic E-state index is 5.31. The Labute approximate surface area is 163 Å². The van der Waals surface area contributed by atoms with Crippen molar-refractivity contribution in [1.29, 1.82) is 0 Å². The van der Waals surface area contributed by atoms with E-state index in [0.29, 0.717) is 0 Å². The Kier molecular flexibility index (Phi) is 4.18. The van der Waals surface area contributed by atoms with Crippen LogP contribution in [-0.2, 0) is 6.42 Å². The zero-order valence-corrected chi connectivity index (χ0v) is 15.6. The predicted octanol–water partition coefficient (Wildman–Crippen LogP) is 3.51. The van der Waals surface area contributed by atoms with Crippen molar-refractivity contribution >= 4 is 0 Å². The van der Waals surface area contributed by atoms with Gasteiger partial charge in [0, 0.05) is 36.0 Å². The molecule has 1 atom stereocenters. The topological polar surface area (TPSA) is 67.8 Å². The Morgan fingerprint density at radius 1 is 1.07 bits per heavy atom. The first-order chi connectivity index (χ1) is 13.8. The van der Waals surface area contributed by atoms with Gasteiger partial charge >= 0.3 is 0 Å². The molecule has 1 aliphatic rings. The van der Waals surface area contributed by atoms with Crippen molar-refractivity contribution < 1.29 is 4.74 Å². The highest BCUT2D eigenvalue weighted by molar-refractivity contribution is 5.66. The summed E-state index contributed by atoms with van der Waals surface area (Å²) >= 11 is 0. The number of fused-ring (bicyclic) bond motifs is 1. The number of nitrogens with zero attached hydrogens (tertiary/aromatic N) is 3. The lowest BCUT2D eigenvalue weighted by Crippen LogP contribution is -2.30. The van der Waals surface area contributed by atoms with E-state index in [9.17, 15) is 0 Å². The first-order valence-corrected chi connectivity index (χ1v) is 9.38. The summed E-state index contributed by atoms with van der Waals surface area (Å²) in [6.45, 7) is 0.901. The van der Waals surface area contributed by atoms with Crippen molar-refractivity contribution in [2.24, 2.45) is 0 Å². The van der Waals surface area contributed by atoms with Gasteiger partial charge in [0.25, 0.3) is 0 Å². The smallest absolute Gasteiger partial charge is 0.118 e. The molecule has 140 valence electrons. The molecule has 0 radical (unpaired) electrons. The minimum atomic E-state index is 0.00423. The van der Waals surface area contributed by atoms with Gasteiger partial charge in [-0.1, -0.05) is 18.2 Å². The molecule has 0 unspecified atom stereocenters. The summed E-state index contributed by atoms with van der Waals surface area (Å²) in [5.74, 6) is 0.832. The van der Waals surface area contributed by atoms with Gasteiger partial charge in [-0.05, 0) is 36.4 Å². The van der Waals surface area contributed by atoms with Crippen molar-refractivity contribution in [3.05, 3.63) is 84.1 Å². The molecule has 6 heteroatoms. The molecule has 0 saturated heterocycles. The fourth-order valence-corrected chi connectivity index (χ4v) is 3.76. The van der Waals surface area contributed by atoms with Crippen LogP contribution in [0.1, 0.15) is 23.0 Å². The average molecular weight is 371 g/mol. The van der Waals surface area contributed by atoms with E-state index in [4.69, 9.17) is 9.84 Å². The van der Waals surface area contributed by atoms with Gasteiger partial charge < -0.3 is 15.0 Å². The average Bonchev–Trinajstić information content (AvgIpc) is 3.42. The highest BCUT2D eigenvalue weighted by atomic mass is 16.5. The summed E-state index contributed by atoms with van der Waals surface area (Å²) in [5.41, 5.74) is 6.38. The Hall–Kier alpha value is -3.38. The lowest BCUT2D eigenvalue weighted by Gasteiger charge is -2.23. The van der Waals surface area contributed by atoms with E-state index < -0.39 is 0 Å². The SMILES string of the molecule is COc1ccc(-c2nn(-c3ccccc3)cc2[C@H]2NCCc3[nH]cnc32)cc1. The Morgan fingerprint density at radius 3 is 2.68 bits per heavy atom. The molecule has 28 heavy (non-hydrogen) atoms. The third kappa shape index (κ3) is 2.88. The maximum absolute atomic E-state index is 5.31. The van der Waals surface area contributed by atoms with Gasteiger partial charge in [0.2, 0.25) is 0 Å². The number of aromatic nitrogens is 4. The van der Waals surface area contributed by atoms with E-state index in [-0.39, 0.29) is 6.04 Å². The third-order valence-electron chi connectivity index (χ3n) is 5.19. The monoisotopic (exact) mass is 371 g/mol. The van der Waals surface area contributed by atoms with Crippen LogP contribution in [0.15, 0.2) is 67.1 Å². The van der Waals surface area contributed by atoms with Crippen LogP contribution in [0.3, 0.4) is 0 Å². The zero-order chi connectivity index (χ0) is 18.9. The lowest BCUT2D eigenvalue weighted by atomic mass is 9.96. The lowest BCUT2D eigenvalue weighted by molar-refractivity contribution is 0.415. The molecule has 5 rings (SSSR count). The molecule has 0 bridgehead atoms. The molecule has 0 amide bonds. The second-order valence-corrected chi connectivity index (χ2v) is 6.85. The summed E-state index contributed by atoms with van der Waals surface area (Å²) < 4.78 is 7.25. The van der Waals surface area contributed by atoms with Gasteiger partial charge in [0.15, 0.2) is 0 Å². The number of rotatable bonds is 4. The molecule has 2 N–H and O–H groups in total. The molecule has 0 saturated carbocycles. The fraction of sp³-hybridized carbons (Fsp3) is 0.182. The van der Waals surface area contributed by atoms with Crippen LogP contribution in [0, 0.1) is 0 Å². The van der Waals surface area contributed by atoms with Crippen LogP contribution in [0.4, 0.5) is 0 Å². The van der Waals surface area contributed by atoms with Gasteiger partial charge in [-0.3, -0.25) is 0 Å². The summed E-state index contributed by atoms with van der Waals surface area (Å²) in [6, 6.07) is 18.2. The van der Waals surface area contributed by atoms with Crippen molar-refractivity contribution in [3.63, 3.8) is 0 Å². The summed E-state index contributed by atoms with van der Waals surface area (Å²) in [7, 11) is 1.68. The van der Waals surface area contributed by atoms with Gasteiger partial charge in [0.1, 0.15) is 5.75 Å². The van der Waals surface area contributed by atoms with E-state index in [0.717, 1.165) is 46.9 Å². The standard InChI is InChI=1S/C22H21N5O/c1-28-17-9-7-15(8-10-17)20-18(13-27(26-20)16-5-3-2-4-6-16)21-22-19(11-12-23-21)24-14-25-22/h2-10,13-14,21,23H,11-12H2,1H3,(H,24,25)/t21-/m1/s1. The number of hydrogen-bond donors (Lipinski definition) is 2. The van der Waals surface area contributed by atoms with Crippen molar-refractivity contribution in [2.45, 2.75) is 12.5 Å².